The molecule has 0 amide bonds. The summed E-state index contributed by atoms with van der Waals surface area (Å²) in [5, 5.41) is 1.44. The maximum absolute atomic E-state index is 13.1. The van der Waals surface area contributed by atoms with Crippen molar-refractivity contribution in [1.82, 2.24) is 9.97 Å². The summed E-state index contributed by atoms with van der Waals surface area (Å²) in [6.07, 6.45) is 0. The minimum absolute atomic E-state index is 0.492. The van der Waals surface area contributed by atoms with Crippen molar-refractivity contribution < 1.29 is 4.39 Å². The molecule has 102 valence electrons. The first kappa shape index (κ1) is 13.3. The van der Waals surface area contributed by atoms with E-state index in [0.717, 1.165) is 16.3 Å². The summed E-state index contributed by atoms with van der Waals surface area (Å²) in [6, 6.07) is 8.71. The molecule has 20 heavy (non-hydrogen) atoms. The molecule has 0 spiro atoms. The molecule has 3 aromatic rings. The lowest BCUT2D eigenvalue weighted by Crippen LogP contribution is -2.08. The van der Waals surface area contributed by atoms with Crippen molar-refractivity contribution in [2.24, 2.45) is 0 Å². The predicted molar refractivity (Wildman–Crippen MR) is 82.1 cm³/mol. The molecule has 3 nitrogen and oxygen atoms in total. The Morgan fingerprint density at radius 2 is 1.95 bits per heavy atom. The van der Waals surface area contributed by atoms with Crippen LogP contribution in [-0.4, -0.2) is 24.1 Å². The van der Waals surface area contributed by atoms with Crippen LogP contribution in [0.15, 0.2) is 30.3 Å². The van der Waals surface area contributed by atoms with Gasteiger partial charge >= 0.3 is 0 Å². The Morgan fingerprint density at radius 1 is 1.15 bits per heavy atom. The van der Waals surface area contributed by atoms with E-state index in [0.29, 0.717) is 15.4 Å². The van der Waals surface area contributed by atoms with E-state index in [1.165, 1.54) is 17.4 Å². The average molecular weight is 304 g/mol. The van der Waals surface area contributed by atoms with Crippen LogP contribution in [0.1, 0.15) is 0 Å². The Bertz CT molecular complexity index is 785. The molecule has 0 bridgehead atoms. The Morgan fingerprint density at radius 3 is 2.65 bits per heavy atom. The second-order valence-electron chi connectivity index (χ2n) is 4.54. The van der Waals surface area contributed by atoms with Crippen LogP contribution in [-0.2, 0) is 0 Å². The number of aromatic nitrogens is 2. The summed E-state index contributed by atoms with van der Waals surface area (Å²) < 4.78 is 13.1. The van der Waals surface area contributed by atoms with E-state index in [9.17, 15) is 4.39 Å². The van der Waals surface area contributed by atoms with Crippen molar-refractivity contribution in [2.45, 2.75) is 0 Å². The van der Waals surface area contributed by atoms with E-state index >= 15 is 0 Å². The number of hydrogen-bond donors (Lipinski definition) is 0. The topological polar surface area (TPSA) is 29.0 Å². The van der Waals surface area contributed by atoms with Gasteiger partial charge in [-0.25, -0.2) is 9.97 Å². The molecule has 2 aromatic heterocycles. The molecule has 0 N–H and O–H groups in total. The summed E-state index contributed by atoms with van der Waals surface area (Å²) in [7, 11) is 3.87. The molecule has 0 aliphatic heterocycles. The van der Waals surface area contributed by atoms with Crippen molar-refractivity contribution in [3.05, 3.63) is 41.3 Å². The smallest absolute Gasteiger partial charge is 0.214 e. The number of halogens is 2. The Balaban J connectivity index is 2.08. The van der Waals surface area contributed by atoms with Gasteiger partial charge in [0.2, 0.25) is 5.95 Å². The highest BCUT2D eigenvalue weighted by Gasteiger charge is 2.10. The zero-order valence-corrected chi connectivity index (χ0v) is 12.5. The number of nitrogens with zero attached hydrogens (tertiary/aromatic N) is 3. The van der Waals surface area contributed by atoms with Crippen LogP contribution in [0.25, 0.3) is 20.9 Å². The van der Waals surface area contributed by atoms with Crippen LogP contribution in [0.2, 0.25) is 5.02 Å². The van der Waals surface area contributed by atoms with Crippen LogP contribution in [0.5, 0.6) is 0 Å². The molecule has 0 unspecified atom stereocenters. The Kier molecular flexibility index (Phi) is 3.31. The molecular formula is C14H11ClFN3S. The fraction of sp³-hybridized carbons (Fsp3) is 0.143. The highest BCUT2D eigenvalue weighted by molar-refractivity contribution is 7.21. The monoisotopic (exact) mass is 304 g/mol. The van der Waals surface area contributed by atoms with Crippen LogP contribution in [0, 0.1) is 5.95 Å². The minimum atomic E-state index is -0.492. The molecule has 0 atom stereocenters. The van der Waals surface area contributed by atoms with Gasteiger partial charge in [-0.1, -0.05) is 22.9 Å². The van der Waals surface area contributed by atoms with E-state index in [1.807, 2.05) is 37.2 Å². The molecule has 3 rings (SSSR count). The van der Waals surface area contributed by atoms with E-state index < -0.39 is 5.95 Å². The van der Waals surface area contributed by atoms with Crippen LogP contribution >= 0.6 is 22.9 Å². The van der Waals surface area contributed by atoms with E-state index in [4.69, 9.17) is 11.6 Å². The normalized spacial score (nSPS) is 11.0. The van der Waals surface area contributed by atoms with Gasteiger partial charge in [0.1, 0.15) is 15.4 Å². The highest BCUT2D eigenvalue weighted by atomic mass is 32.1. The van der Waals surface area contributed by atoms with Gasteiger partial charge < -0.3 is 4.90 Å². The first-order valence-corrected chi connectivity index (χ1v) is 7.14. The van der Waals surface area contributed by atoms with Crippen molar-refractivity contribution in [3.8, 4) is 10.6 Å². The Labute approximate surface area is 124 Å². The SMILES string of the molecule is CN(C)c1ccc(-c2nc3ccc(F)nc3s2)cc1[32Cl]. The second kappa shape index (κ2) is 5.00. The first-order chi connectivity index (χ1) is 9.54. The fourth-order valence-corrected chi connectivity index (χ4v) is 3.19. The average Bonchev–Trinajstić information content (AvgIpc) is 2.81. The van der Waals surface area contributed by atoms with E-state index in [-0.39, 0.29) is 0 Å². The molecule has 0 aliphatic rings. The van der Waals surface area contributed by atoms with Crippen LogP contribution in [0.3, 0.4) is 0 Å². The van der Waals surface area contributed by atoms with Crippen molar-refractivity contribution in [2.75, 3.05) is 19.0 Å². The van der Waals surface area contributed by atoms with E-state index in [2.05, 4.69) is 9.97 Å². The van der Waals surface area contributed by atoms with Gasteiger partial charge in [0, 0.05) is 19.7 Å². The largest absolute Gasteiger partial charge is 0.376 e. The van der Waals surface area contributed by atoms with Gasteiger partial charge in [-0.3, -0.25) is 0 Å². The summed E-state index contributed by atoms with van der Waals surface area (Å²) in [5.74, 6) is -0.492. The van der Waals surface area contributed by atoms with Crippen molar-refractivity contribution in [1.29, 1.82) is 0 Å². The molecule has 2 heterocycles. The molecule has 6 heteroatoms. The minimum Gasteiger partial charge on any atom is -0.376 e. The molecule has 0 saturated heterocycles. The second-order valence-corrected chi connectivity index (χ2v) is 5.92. The van der Waals surface area contributed by atoms with Gasteiger partial charge in [-0.05, 0) is 30.3 Å². The van der Waals surface area contributed by atoms with Gasteiger partial charge in [0.25, 0.3) is 0 Å². The van der Waals surface area contributed by atoms with Crippen molar-refractivity contribution in [3.63, 3.8) is 0 Å². The molecular weight excluding hydrogens is 293 g/mol. The summed E-state index contributed by atoms with van der Waals surface area (Å²) in [5.41, 5.74) is 2.55. The summed E-state index contributed by atoms with van der Waals surface area (Å²) in [4.78, 5) is 10.8. The third kappa shape index (κ3) is 2.34. The quantitative estimate of drug-likeness (QED) is 0.664. The van der Waals surface area contributed by atoms with Gasteiger partial charge in [-0.2, -0.15) is 4.39 Å². The predicted octanol–water partition coefficient (Wildman–Crippen LogP) is 4.22. The number of hydrogen-bond acceptors (Lipinski definition) is 4. The van der Waals surface area contributed by atoms with Gasteiger partial charge in [-0.15, -0.1) is 0 Å². The number of anilines is 1. The maximum Gasteiger partial charge on any atom is 0.214 e. The number of fused-ring (bicyclic) bond motifs is 1. The standard InChI is InChI=1S/C14H11ClFN3S/c1-19(2)11-5-3-8(7-9(11)15)13-17-10-4-6-12(16)18-14(10)20-13/h3-7H,1-2H3/i15-3. The van der Waals surface area contributed by atoms with Crippen LogP contribution < -0.4 is 4.90 Å². The van der Waals surface area contributed by atoms with Gasteiger partial charge in [0.15, 0.2) is 0 Å². The lowest BCUT2D eigenvalue weighted by atomic mass is 10.2. The Hall–Kier alpha value is -1.72. The zero-order chi connectivity index (χ0) is 14.3. The maximum atomic E-state index is 13.1. The summed E-state index contributed by atoms with van der Waals surface area (Å²) in [6.45, 7) is 0. The van der Waals surface area contributed by atoms with Gasteiger partial charge in [0.05, 0.1) is 10.7 Å². The van der Waals surface area contributed by atoms with E-state index in [1.54, 1.807) is 6.07 Å². The molecule has 0 aliphatic carbocycles. The third-order valence-electron chi connectivity index (χ3n) is 2.90. The number of thiazole rings is 1. The lowest BCUT2D eigenvalue weighted by Gasteiger charge is -2.14. The third-order valence-corrected chi connectivity index (χ3v) is 4.21. The zero-order valence-electron chi connectivity index (χ0n) is 10.9. The first-order valence-electron chi connectivity index (χ1n) is 5.95. The molecule has 0 radical (unpaired) electrons. The lowest BCUT2D eigenvalue weighted by molar-refractivity contribution is 0.589. The van der Waals surface area contributed by atoms with Crippen molar-refractivity contribution >= 4 is 39.0 Å². The highest BCUT2D eigenvalue weighted by Crippen LogP contribution is 2.33. The van der Waals surface area contributed by atoms with Crippen LogP contribution in [0.4, 0.5) is 10.1 Å². The number of pyridine rings is 1. The summed E-state index contributed by atoms with van der Waals surface area (Å²) >= 11 is 7.61. The fourth-order valence-electron chi connectivity index (χ4n) is 1.92. The number of benzene rings is 1. The molecule has 0 saturated carbocycles. The molecule has 1 aromatic carbocycles. The number of rotatable bonds is 2. The molecule has 0 fully saturated rings.